The predicted octanol–water partition coefficient (Wildman–Crippen LogP) is 5.31. The van der Waals surface area contributed by atoms with Crippen LogP contribution in [0.3, 0.4) is 0 Å². The summed E-state index contributed by atoms with van der Waals surface area (Å²) in [5.41, 5.74) is 6.61. The molecular weight excluding hydrogens is 342 g/mol. The van der Waals surface area contributed by atoms with Crippen LogP contribution in [0.1, 0.15) is 11.3 Å². The van der Waals surface area contributed by atoms with Gasteiger partial charge in [-0.3, -0.25) is 0 Å². The van der Waals surface area contributed by atoms with Crippen molar-refractivity contribution in [1.29, 1.82) is 0 Å². The van der Waals surface area contributed by atoms with E-state index >= 15 is 0 Å². The minimum atomic E-state index is 0.698. The quantitative estimate of drug-likeness (QED) is 0.491. The second-order valence-electron chi connectivity index (χ2n) is 6.58. The molecule has 4 rings (SSSR count). The third-order valence-corrected chi connectivity index (χ3v) is 4.79. The van der Waals surface area contributed by atoms with Gasteiger partial charge in [0.2, 0.25) is 0 Å². The summed E-state index contributed by atoms with van der Waals surface area (Å²) in [6.07, 6.45) is 2.81. The summed E-state index contributed by atoms with van der Waals surface area (Å²) in [5.74, 6) is 0. The van der Waals surface area contributed by atoms with Crippen molar-refractivity contribution in [2.45, 2.75) is 6.42 Å². The number of hydrogen-bond acceptors (Lipinski definition) is 2. The van der Waals surface area contributed by atoms with Gasteiger partial charge in [0.25, 0.3) is 0 Å². The standard InChI is InChI=1S/C22H20ClN3/c1-25(2)19-10-8-16(9-11-19)14-20-22(17-6-4-3-5-7-17)24-21-15-18(23)12-13-26(20)21/h3-13,15H,14H2,1-2H3. The molecule has 3 nitrogen and oxygen atoms in total. The molecule has 26 heavy (non-hydrogen) atoms. The maximum Gasteiger partial charge on any atom is 0.139 e. The van der Waals surface area contributed by atoms with Crippen molar-refractivity contribution >= 4 is 22.9 Å². The monoisotopic (exact) mass is 361 g/mol. The Kier molecular flexibility index (Phi) is 4.39. The van der Waals surface area contributed by atoms with Crippen LogP contribution >= 0.6 is 11.6 Å². The normalized spacial score (nSPS) is 11.0. The van der Waals surface area contributed by atoms with Crippen molar-refractivity contribution in [2.24, 2.45) is 0 Å². The molecule has 0 N–H and O–H groups in total. The number of hydrogen-bond donors (Lipinski definition) is 0. The first-order valence-corrected chi connectivity index (χ1v) is 8.98. The number of rotatable bonds is 4. The zero-order valence-electron chi connectivity index (χ0n) is 14.9. The minimum Gasteiger partial charge on any atom is -0.378 e. The Morgan fingerprint density at radius 2 is 1.69 bits per heavy atom. The Balaban J connectivity index is 1.82. The highest BCUT2D eigenvalue weighted by molar-refractivity contribution is 6.30. The fourth-order valence-corrected chi connectivity index (χ4v) is 3.33. The highest BCUT2D eigenvalue weighted by atomic mass is 35.5. The minimum absolute atomic E-state index is 0.698. The first-order valence-electron chi connectivity index (χ1n) is 8.60. The average molecular weight is 362 g/mol. The molecule has 0 amide bonds. The number of fused-ring (bicyclic) bond motifs is 1. The summed E-state index contributed by atoms with van der Waals surface area (Å²) in [4.78, 5) is 6.96. The van der Waals surface area contributed by atoms with Crippen LogP contribution in [0.25, 0.3) is 16.9 Å². The molecule has 0 aliphatic heterocycles. The van der Waals surface area contributed by atoms with Crippen LogP contribution in [0, 0.1) is 0 Å². The zero-order chi connectivity index (χ0) is 18.1. The molecular formula is C22H20ClN3. The Morgan fingerprint density at radius 3 is 2.38 bits per heavy atom. The van der Waals surface area contributed by atoms with E-state index in [2.05, 4.69) is 59.8 Å². The second kappa shape index (κ2) is 6.85. The zero-order valence-corrected chi connectivity index (χ0v) is 15.6. The molecule has 0 bridgehead atoms. The van der Waals surface area contributed by atoms with Gasteiger partial charge >= 0.3 is 0 Å². The third kappa shape index (κ3) is 3.18. The van der Waals surface area contributed by atoms with Crippen LogP contribution in [0.15, 0.2) is 72.9 Å². The lowest BCUT2D eigenvalue weighted by molar-refractivity contribution is 1.03. The molecule has 0 atom stereocenters. The maximum absolute atomic E-state index is 6.18. The van der Waals surface area contributed by atoms with Crippen LogP contribution in [0.4, 0.5) is 5.69 Å². The first-order chi connectivity index (χ1) is 12.6. The van der Waals surface area contributed by atoms with E-state index in [0.717, 1.165) is 23.3 Å². The Labute approximate surface area is 158 Å². The second-order valence-corrected chi connectivity index (χ2v) is 7.02. The Hall–Kier alpha value is -2.78. The van der Waals surface area contributed by atoms with Crippen molar-refractivity contribution in [1.82, 2.24) is 9.38 Å². The molecule has 0 radical (unpaired) electrons. The molecule has 4 aromatic rings. The number of halogens is 1. The largest absolute Gasteiger partial charge is 0.378 e. The van der Waals surface area contributed by atoms with Crippen LogP contribution < -0.4 is 4.90 Å². The third-order valence-electron chi connectivity index (χ3n) is 4.56. The van der Waals surface area contributed by atoms with Crippen molar-refractivity contribution in [3.63, 3.8) is 0 Å². The lowest BCUT2D eigenvalue weighted by atomic mass is 10.0. The average Bonchev–Trinajstić information content (AvgIpc) is 3.00. The van der Waals surface area contributed by atoms with E-state index < -0.39 is 0 Å². The maximum atomic E-state index is 6.18. The van der Waals surface area contributed by atoms with Gasteiger partial charge in [-0.1, -0.05) is 54.1 Å². The SMILES string of the molecule is CN(C)c1ccc(Cc2c(-c3ccccc3)nc3cc(Cl)ccn23)cc1. The lowest BCUT2D eigenvalue weighted by Gasteiger charge is -2.13. The number of pyridine rings is 1. The van der Waals surface area contributed by atoms with Gasteiger partial charge in [-0.2, -0.15) is 0 Å². The van der Waals surface area contributed by atoms with E-state index in [1.54, 1.807) is 0 Å². The van der Waals surface area contributed by atoms with Gasteiger partial charge in [0, 0.05) is 49.1 Å². The van der Waals surface area contributed by atoms with E-state index in [0.29, 0.717) is 5.02 Å². The molecule has 0 unspecified atom stereocenters. The number of imidazole rings is 1. The Bertz CT molecular complexity index is 1030. The summed E-state index contributed by atoms with van der Waals surface area (Å²) in [5, 5.41) is 0.698. The van der Waals surface area contributed by atoms with Crippen molar-refractivity contribution in [3.05, 3.63) is 89.2 Å². The van der Waals surface area contributed by atoms with Gasteiger partial charge < -0.3 is 9.30 Å². The molecule has 2 heterocycles. The summed E-state index contributed by atoms with van der Waals surface area (Å²) >= 11 is 6.18. The molecule has 0 fully saturated rings. The highest BCUT2D eigenvalue weighted by Gasteiger charge is 2.15. The highest BCUT2D eigenvalue weighted by Crippen LogP contribution is 2.28. The molecule has 4 heteroatoms. The fraction of sp³-hybridized carbons (Fsp3) is 0.136. The topological polar surface area (TPSA) is 20.5 Å². The van der Waals surface area contributed by atoms with Gasteiger partial charge in [-0.05, 0) is 23.8 Å². The summed E-state index contributed by atoms with van der Waals surface area (Å²) in [6, 6.07) is 22.8. The molecule has 0 aliphatic rings. The van der Waals surface area contributed by atoms with Crippen LogP contribution in [0.2, 0.25) is 5.02 Å². The Morgan fingerprint density at radius 1 is 0.962 bits per heavy atom. The van der Waals surface area contributed by atoms with E-state index in [1.807, 2.05) is 36.5 Å². The van der Waals surface area contributed by atoms with E-state index in [-0.39, 0.29) is 0 Å². The lowest BCUT2D eigenvalue weighted by Crippen LogP contribution is -2.08. The molecule has 0 spiro atoms. The van der Waals surface area contributed by atoms with Crippen LogP contribution in [-0.2, 0) is 6.42 Å². The van der Waals surface area contributed by atoms with E-state index in [1.165, 1.54) is 16.9 Å². The number of anilines is 1. The smallest absolute Gasteiger partial charge is 0.139 e. The summed E-state index contributed by atoms with van der Waals surface area (Å²) < 4.78 is 2.13. The number of nitrogens with zero attached hydrogens (tertiary/aromatic N) is 3. The van der Waals surface area contributed by atoms with Crippen molar-refractivity contribution < 1.29 is 0 Å². The molecule has 2 aromatic carbocycles. The van der Waals surface area contributed by atoms with Gasteiger partial charge in [0.15, 0.2) is 0 Å². The molecule has 0 aliphatic carbocycles. The van der Waals surface area contributed by atoms with Crippen LogP contribution in [-0.4, -0.2) is 23.5 Å². The van der Waals surface area contributed by atoms with E-state index in [9.17, 15) is 0 Å². The number of benzene rings is 2. The first kappa shape index (κ1) is 16.7. The van der Waals surface area contributed by atoms with Crippen LogP contribution in [0.5, 0.6) is 0 Å². The predicted molar refractivity (Wildman–Crippen MR) is 109 cm³/mol. The fourth-order valence-electron chi connectivity index (χ4n) is 3.17. The molecule has 2 aromatic heterocycles. The molecule has 130 valence electrons. The van der Waals surface area contributed by atoms with E-state index in [4.69, 9.17) is 16.6 Å². The molecule has 0 saturated heterocycles. The summed E-state index contributed by atoms with van der Waals surface area (Å²) in [7, 11) is 4.10. The van der Waals surface area contributed by atoms with Crippen molar-refractivity contribution in [2.75, 3.05) is 19.0 Å². The van der Waals surface area contributed by atoms with Crippen molar-refractivity contribution in [3.8, 4) is 11.3 Å². The van der Waals surface area contributed by atoms with Gasteiger partial charge in [0.1, 0.15) is 5.65 Å². The van der Waals surface area contributed by atoms with Gasteiger partial charge in [-0.25, -0.2) is 4.98 Å². The van der Waals surface area contributed by atoms with Gasteiger partial charge in [-0.15, -0.1) is 0 Å². The number of aromatic nitrogens is 2. The molecule has 0 saturated carbocycles. The summed E-state index contributed by atoms with van der Waals surface area (Å²) in [6.45, 7) is 0. The van der Waals surface area contributed by atoms with Gasteiger partial charge in [0.05, 0.1) is 11.4 Å².